The number of amides is 2. The van der Waals surface area contributed by atoms with Gasteiger partial charge in [-0.15, -0.1) is 0 Å². The third kappa shape index (κ3) is 5.31. The first-order chi connectivity index (χ1) is 15.9. The third-order valence-corrected chi connectivity index (χ3v) is 6.44. The van der Waals surface area contributed by atoms with Crippen LogP contribution in [0.2, 0.25) is 0 Å². The number of carbonyl (C=O) groups is 2. The molecule has 1 saturated heterocycles. The summed E-state index contributed by atoms with van der Waals surface area (Å²) in [6.07, 6.45) is 4.08. The number of primary amides is 1. The Morgan fingerprint density at radius 3 is 2.52 bits per heavy atom. The van der Waals surface area contributed by atoms with Gasteiger partial charge >= 0.3 is 0 Å². The number of aryl methyl sites for hydroxylation is 1. The van der Waals surface area contributed by atoms with E-state index in [0.717, 1.165) is 29.1 Å². The smallest absolute Gasteiger partial charge is 0.224 e. The lowest BCUT2D eigenvalue weighted by atomic mass is 9.88. The standard InChI is InChI=1S/C26H31N5O2/c1-29-17-22(23(18-29)25(27)33)20-10-8-19(9-11-20)16-30(2)24(32)12-14-31-15-13-28-26(31)21-6-4-3-5-7-21/h3-11,13,15,22-23H,12,14,16-18H2,1-2H3,(H2,27,33)/t22-,23+/m1/s1. The molecule has 7 nitrogen and oxygen atoms in total. The molecule has 0 bridgehead atoms. The van der Waals surface area contributed by atoms with E-state index in [0.29, 0.717) is 26.1 Å². The molecule has 2 heterocycles. The van der Waals surface area contributed by atoms with Gasteiger partial charge in [-0.3, -0.25) is 9.59 Å². The molecule has 0 aliphatic carbocycles. The average molecular weight is 446 g/mol. The number of nitrogens with zero attached hydrogens (tertiary/aromatic N) is 4. The van der Waals surface area contributed by atoms with Gasteiger partial charge in [0.05, 0.1) is 5.92 Å². The van der Waals surface area contributed by atoms with Crippen molar-refractivity contribution in [2.24, 2.45) is 11.7 Å². The van der Waals surface area contributed by atoms with E-state index in [4.69, 9.17) is 5.73 Å². The molecule has 172 valence electrons. The zero-order chi connectivity index (χ0) is 23.4. The maximum Gasteiger partial charge on any atom is 0.224 e. The zero-order valence-electron chi connectivity index (χ0n) is 19.2. The van der Waals surface area contributed by atoms with E-state index in [1.807, 2.05) is 67.3 Å². The monoisotopic (exact) mass is 445 g/mol. The quantitative estimate of drug-likeness (QED) is 0.578. The van der Waals surface area contributed by atoms with Gasteiger partial charge in [-0.2, -0.15) is 0 Å². The van der Waals surface area contributed by atoms with Crippen LogP contribution in [0, 0.1) is 5.92 Å². The van der Waals surface area contributed by atoms with Crippen LogP contribution in [-0.4, -0.2) is 58.4 Å². The largest absolute Gasteiger partial charge is 0.369 e. The highest BCUT2D eigenvalue weighted by atomic mass is 16.2. The lowest BCUT2D eigenvalue weighted by Gasteiger charge is -2.19. The van der Waals surface area contributed by atoms with Gasteiger partial charge in [-0.25, -0.2) is 4.98 Å². The van der Waals surface area contributed by atoms with Gasteiger partial charge in [0, 0.05) is 63.5 Å². The van der Waals surface area contributed by atoms with Crippen LogP contribution in [0.15, 0.2) is 67.0 Å². The van der Waals surface area contributed by atoms with E-state index in [9.17, 15) is 9.59 Å². The van der Waals surface area contributed by atoms with Gasteiger partial charge in [0.2, 0.25) is 11.8 Å². The fourth-order valence-corrected chi connectivity index (χ4v) is 4.60. The van der Waals surface area contributed by atoms with Gasteiger partial charge < -0.3 is 20.1 Å². The number of rotatable bonds is 8. The summed E-state index contributed by atoms with van der Waals surface area (Å²) in [7, 11) is 3.84. The summed E-state index contributed by atoms with van der Waals surface area (Å²) in [5.74, 6) is 0.669. The Labute approximate surface area is 194 Å². The molecule has 0 unspecified atom stereocenters. The SMILES string of the molecule is CN1C[C@H](C(N)=O)[C@@H](c2ccc(CN(C)C(=O)CCn3ccnc3-c3ccccc3)cc2)C1. The van der Waals surface area contributed by atoms with Gasteiger partial charge in [0.25, 0.3) is 0 Å². The summed E-state index contributed by atoms with van der Waals surface area (Å²) < 4.78 is 2.02. The minimum Gasteiger partial charge on any atom is -0.369 e. The Bertz CT molecular complexity index is 1090. The highest BCUT2D eigenvalue weighted by Gasteiger charge is 2.35. The Hall–Kier alpha value is -3.45. The molecule has 1 aliphatic rings. The van der Waals surface area contributed by atoms with Crippen LogP contribution in [0.25, 0.3) is 11.4 Å². The van der Waals surface area contributed by atoms with E-state index in [2.05, 4.69) is 22.0 Å². The molecule has 1 fully saturated rings. The normalized spacial score (nSPS) is 18.4. The topological polar surface area (TPSA) is 84.5 Å². The van der Waals surface area contributed by atoms with Crippen LogP contribution in [0.4, 0.5) is 0 Å². The fraction of sp³-hybridized carbons (Fsp3) is 0.346. The van der Waals surface area contributed by atoms with E-state index < -0.39 is 0 Å². The maximum absolute atomic E-state index is 12.8. The van der Waals surface area contributed by atoms with Crippen molar-refractivity contribution < 1.29 is 9.59 Å². The maximum atomic E-state index is 12.8. The number of likely N-dealkylation sites (N-methyl/N-ethyl adjacent to an activating group) is 1. The predicted molar refractivity (Wildman–Crippen MR) is 128 cm³/mol. The highest BCUT2D eigenvalue weighted by Crippen LogP contribution is 2.32. The first-order valence-corrected chi connectivity index (χ1v) is 11.3. The second-order valence-corrected chi connectivity index (χ2v) is 8.89. The van der Waals surface area contributed by atoms with Crippen LogP contribution in [-0.2, 0) is 22.7 Å². The van der Waals surface area contributed by atoms with Crippen LogP contribution < -0.4 is 5.73 Å². The van der Waals surface area contributed by atoms with Crippen molar-refractivity contribution in [1.29, 1.82) is 0 Å². The van der Waals surface area contributed by atoms with Crippen molar-refractivity contribution >= 4 is 11.8 Å². The van der Waals surface area contributed by atoms with Gasteiger partial charge in [-0.05, 0) is 18.2 Å². The summed E-state index contributed by atoms with van der Waals surface area (Å²) in [6, 6.07) is 18.2. The van der Waals surface area contributed by atoms with E-state index in [-0.39, 0.29) is 23.7 Å². The summed E-state index contributed by atoms with van der Waals surface area (Å²) >= 11 is 0. The highest BCUT2D eigenvalue weighted by molar-refractivity contribution is 5.78. The van der Waals surface area contributed by atoms with Crippen LogP contribution >= 0.6 is 0 Å². The molecule has 4 rings (SSSR count). The molecular weight excluding hydrogens is 414 g/mol. The number of nitrogens with two attached hydrogens (primary N) is 1. The molecule has 0 radical (unpaired) electrons. The Morgan fingerprint density at radius 1 is 1.09 bits per heavy atom. The summed E-state index contributed by atoms with van der Waals surface area (Å²) in [5, 5.41) is 0. The lowest BCUT2D eigenvalue weighted by Crippen LogP contribution is -2.28. The molecule has 1 aromatic heterocycles. The molecule has 33 heavy (non-hydrogen) atoms. The number of aromatic nitrogens is 2. The van der Waals surface area contributed by atoms with Gasteiger partial charge in [-0.1, -0.05) is 54.6 Å². The molecule has 0 saturated carbocycles. The number of benzene rings is 2. The van der Waals surface area contributed by atoms with Crippen molar-refractivity contribution in [1.82, 2.24) is 19.4 Å². The molecule has 2 N–H and O–H groups in total. The van der Waals surface area contributed by atoms with Gasteiger partial charge in [0.1, 0.15) is 5.82 Å². The van der Waals surface area contributed by atoms with Crippen LogP contribution in [0.1, 0.15) is 23.5 Å². The van der Waals surface area contributed by atoms with Crippen LogP contribution in [0.3, 0.4) is 0 Å². The van der Waals surface area contributed by atoms with Crippen molar-refractivity contribution in [2.75, 3.05) is 27.2 Å². The lowest BCUT2D eigenvalue weighted by molar-refractivity contribution is -0.130. The molecule has 0 spiro atoms. The fourth-order valence-electron chi connectivity index (χ4n) is 4.60. The Morgan fingerprint density at radius 2 is 1.82 bits per heavy atom. The number of hydrogen-bond acceptors (Lipinski definition) is 4. The minimum atomic E-state index is -0.243. The molecule has 1 aliphatic heterocycles. The number of imidazole rings is 1. The predicted octanol–water partition coefficient (Wildman–Crippen LogP) is 2.73. The van der Waals surface area contributed by atoms with Crippen LogP contribution in [0.5, 0.6) is 0 Å². The van der Waals surface area contributed by atoms with E-state index >= 15 is 0 Å². The number of likely N-dealkylation sites (tertiary alicyclic amines) is 1. The molecule has 2 atom stereocenters. The zero-order valence-corrected chi connectivity index (χ0v) is 19.2. The van der Waals surface area contributed by atoms with Crippen molar-refractivity contribution in [3.63, 3.8) is 0 Å². The van der Waals surface area contributed by atoms with Crippen molar-refractivity contribution in [3.05, 3.63) is 78.1 Å². The summed E-state index contributed by atoms with van der Waals surface area (Å²) in [4.78, 5) is 32.9. The first-order valence-electron chi connectivity index (χ1n) is 11.3. The second-order valence-electron chi connectivity index (χ2n) is 8.89. The Balaban J connectivity index is 1.33. The summed E-state index contributed by atoms with van der Waals surface area (Å²) in [6.45, 7) is 2.64. The first kappa shape index (κ1) is 22.7. The van der Waals surface area contributed by atoms with E-state index in [1.165, 1.54) is 0 Å². The summed E-state index contributed by atoms with van der Waals surface area (Å²) in [5.41, 5.74) is 8.82. The number of hydrogen-bond donors (Lipinski definition) is 1. The van der Waals surface area contributed by atoms with E-state index in [1.54, 1.807) is 11.1 Å². The number of carbonyl (C=O) groups excluding carboxylic acids is 2. The Kier molecular flexibility index (Phi) is 6.89. The van der Waals surface area contributed by atoms with Crippen molar-refractivity contribution in [2.45, 2.75) is 25.4 Å². The average Bonchev–Trinajstić information content (AvgIpc) is 3.45. The molecule has 2 aromatic carbocycles. The second kappa shape index (κ2) is 10.0. The molecular formula is C26H31N5O2. The minimum absolute atomic E-state index is 0.0815. The van der Waals surface area contributed by atoms with Gasteiger partial charge in [0.15, 0.2) is 0 Å². The third-order valence-electron chi connectivity index (χ3n) is 6.44. The van der Waals surface area contributed by atoms with Crippen molar-refractivity contribution in [3.8, 4) is 11.4 Å². The molecule has 2 amide bonds. The molecule has 7 heteroatoms. The molecule has 3 aromatic rings.